The largest absolute Gasteiger partial charge is 0.459 e. The molecule has 4 heterocycles. The highest BCUT2D eigenvalue weighted by molar-refractivity contribution is 7.20. The lowest BCUT2D eigenvalue weighted by Crippen LogP contribution is -2.40. The molecular weight excluding hydrogens is 400 g/mol. The van der Waals surface area contributed by atoms with E-state index in [9.17, 15) is 9.59 Å². The Labute approximate surface area is 169 Å². The fraction of sp³-hybridized carbons (Fsp3) is 0.316. The Hall–Kier alpha value is -2.03. The van der Waals surface area contributed by atoms with E-state index in [0.717, 1.165) is 20.5 Å². The average molecular weight is 419 g/mol. The molecule has 0 radical (unpaired) electrons. The Bertz CT molecular complexity index is 895. The predicted molar refractivity (Wildman–Crippen MR) is 108 cm³/mol. The molecule has 0 aliphatic carbocycles. The number of carbonyl (C=O) groups excluding carboxylic acids is 2. The maximum absolute atomic E-state index is 12.4. The van der Waals surface area contributed by atoms with Crippen LogP contribution in [-0.2, 0) is 16.1 Å². The van der Waals surface area contributed by atoms with Crippen LogP contribution in [-0.4, -0.2) is 34.8 Å². The summed E-state index contributed by atoms with van der Waals surface area (Å²) in [7, 11) is 0. The second-order valence-corrected chi connectivity index (χ2v) is 9.03. The third-order valence-corrected chi connectivity index (χ3v) is 7.28. The minimum atomic E-state index is -0.191. The van der Waals surface area contributed by atoms with Gasteiger partial charge in [-0.1, -0.05) is 12.1 Å². The van der Waals surface area contributed by atoms with Crippen LogP contribution >= 0.6 is 34.0 Å². The van der Waals surface area contributed by atoms with Gasteiger partial charge < -0.3 is 9.64 Å². The fourth-order valence-corrected chi connectivity index (χ4v) is 5.33. The molecule has 0 N–H and O–H groups in total. The molecule has 0 bridgehead atoms. The second-order valence-electron chi connectivity index (χ2n) is 6.27. The Morgan fingerprint density at radius 1 is 1.11 bits per heavy atom. The number of nitrogens with zero attached hydrogens (tertiary/aromatic N) is 2. The number of ether oxygens (including phenoxy) is 1. The number of rotatable bonds is 5. The van der Waals surface area contributed by atoms with E-state index in [1.54, 1.807) is 22.7 Å². The van der Waals surface area contributed by atoms with Gasteiger partial charge in [-0.25, -0.2) is 4.98 Å². The minimum absolute atomic E-state index is 0.0559. The van der Waals surface area contributed by atoms with Crippen LogP contribution in [0.4, 0.5) is 0 Å². The molecule has 0 aromatic carbocycles. The molecule has 1 saturated heterocycles. The van der Waals surface area contributed by atoms with Crippen molar-refractivity contribution in [1.82, 2.24) is 9.88 Å². The number of carbonyl (C=O) groups is 2. The molecule has 140 valence electrons. The summed E-state index contributed by atoms with van der Waals surface area (Å²) in [5.41, 5.74) is 0.780. The molecule has 0 unspecified atom stereocenters. The van der Waals surface area contributed by atoms with Crippen molar-refractivity contribution in [3.63, 3.8) is 0 Å². The summed E-state index contributed by atoms with van der Waals surface area (Å²) < 4.78 is 5.47. The van der Waals surface area contributed by atoms with Gasteiger partial charge in [-0.05, 0) is 35.7 Å². The summed E-state index contributed by atoms with van der Waals surface area (Å²) >= 11 is 4.66. The molecule has 27 heavy (non-hydrogen) atoms. The molecule has 0 saturated carbocycles. The summed E-state index contributed by atoms with van der Waals surface area (Å²) in [6.07, 6.45) is 1.29. The number of hydrogen-bond donors (Lipinski definition) is 0. The molecule has 3 aromatic heterocycles. The van der Waals surface area contributed by atoms with E-state index in [0.29, 0.717) is 25.9 Å². The summed E-state index contributed by atoms with van der Waals surface area (Å²) in [6.45, 7) is 1.39. The first-order valence-corrected chi connectivity index (χ1v) is 11.3. The third-order valence-electron chi connectivity index (χ3n) is 4.49. The van der Waals surface area contributed by atoms with Crippen LogP contribution in [0.1, 0.15) is 28.2 Å². The lowest BCUT2D eigenvalue weighted by atomic mass is 9.97. The summed E-state index contributed by atoms with van der Waals surface area (Å²) in [6, 6.07) is 7.75. The summed E-state index contributed by atoms with van der Waals surface area (Å²) in [5, 5.41) is 6.81. The van der Waals surface area contributed by atoms with E-state index < -0.39 is 0 Å². The number of aromatic nitrogens is 1. The maximum atomic E-state index is 12.4. The van der Waals surface area contributed by atoms with Crippen LogP contribution in [0.3, 0.4) is 0 Å². The van der Waals surface area contributed by atoms with Crippen molar-refractivity contribution in [3.8, 4) is 9.88 Å². The van der Waals surface area contributed by atoms with Crippen molar-refractivity contribution in [3.05, 3.63) is 51.0 Å². The molecule has 1 fully saturated rings. The zero-order valence-corrected chi connectivity index (χ0v) is 16.9. The van der Waals surface area contributed by atoms with Crippen LogP contribution in [0.5, 0.6) is 0 Å². The normalized spacial score (nSPS) is 15.0. The van der Waals surface area contributed by atoms with E-state index in [4.69, 9.17) is 4.74 Å². The van der Waals surface area contributed by atoms with Gasteiger partial charge in [0.05, 0.1) is 21.4 Å². The van der Waals surface area contributed by atoms with Crippen molar-refractivity contribution >= 4 is 45.9 Å². The molecule has 8 heteroatoms. The average Bonchev–Trinajstić information content (AvgIpc) is 3.47. The first kappa shape index (κ1) is 18.3. The first-order valence-electron chi connectivity index (χ1n) is 8.68. The molecular formula is C19H18N2O3S3. The zero-order valence-electron chi connectivity index (χ0n) is 14.5. The lowest BCUT2D eigenvalue weighted by molar-refractivity contribution is -0.151. The fourth-order valence-electron chi connectivity index (χ4n) is 3.02. The highest BCUT2D eigenvalue weighted by Gasteiger charge is 2.29. The number of likely N-dealkylation sites (tertiary alicyclic amines) is 1. The molecule has 1 aliphatic rings. The van der Waals surface area contributed by atoms with Gasteiger partial charge in [-0.2, -0.15) is 0 Å². The number of esters is 1. The third kappa shape index (κ3) is 4.28. The van der Waals surface area contributed by atoms with Crippen molar-refractivity contribution in [2.24, 2.45) is 5.92 Å². The highest BCUT2D eigenvalue weighted by Crippen LogP contribution is 2.28. The molecule has 1 aliphatic heterocycles. The van der Waals surface area contributed by atoms with E-state index in [1.807, 2.05) is 45.3 Å². The Balaban J connectivity index is 1.26. The Kier molecular flexibility index (Phi) is 5.66. The van der Waals surface area contributed by atoms with Crippen LogP contribution in [0.2, 0.25) is 0 Å². The maximum Gasteiger partial charge on any atom is 0.309 e. The minimum Gasteiger partial charge on any atom is -0.459 e. The first-order chi connectivity index (χ1) is 13.2. The zero-order chi connectivity index (χ0) is 18.6. The highest BCUT2D eigenvalue weighted by atomic mass is 32.1. The summed E-state index contributed by atoms with van der Waals surface area (Å²) in [5.74, 6) is -0.280. The van der Waals surface area contributed by atoms with E-state index >= 15 is 0 Å². The number of amides is 1. The quantitative estimate of drug-likeness (QED) is 0.571. The summed E-state index contributed by atoms with van der Waals surface area (Å²) in [4.78, 5) is 33.0. The molecule has 4 rings (SSSR count). The molecule has 1 amide bonds. The second kappa shape index (κ2) is 8.33. The van der Waals surface area contributed by atoms with Gasteiger partial charge in [0, 0.05) is 18.5 Å². The monoisotopic (exact) mass is 418 g/mol. The van der Waals surface area contributed by atoms with Crippen molar-refractivity contribution < 1.29 is 14.3 Å². The number of piperidine rings is 1. The van der Waals surface area contributed by atoms with Gasteiger partial charge in [0.1, 0.15) is 11.6 Å². The molecule has 0 spiro atoms. The number of thiazole rings is 1. The van der Waals surface area contributed by atoms with Gasteiger partial charge in [-0.3, -0.25) is 9.59 Å². The number of hydrogen-bond acceptors (Lipinski definition) is 7. The van der Waals surface area contributed by atoms with E-state index in [2.05, 4.69) is 4.98 Å². The smallest absolute Gasteiger partial charge is 0.309 e. The van der Waals surface area contributed by atoms with Crippen molar-refractivity contribution in [1.29, 1.82) is 0 Å². The van der Waals surface area contributed by atoms with Gasteiger partial charge >= 0.3 is 5.97 Å². The van der Waals surface area contributed by atoms with Gasteiger partial charge in [0.15, 0.2) is 0 Å². The van der Waals surface area contributed by atoms with E-state index in [1.165, 1.54) is 11.3 Å². The van der Waals surface area contributed by atoms with Gasteiger partial charge in [0.25, 0.3) is 5.91 Å². The molecule has 5 nitrogen and oxygen atoms in total. The van der Waals surface area contributed by atoms with Gasteiger partial charge in [0.2, 0.25) is 0 Å². The van der Waals surface area contributed by atoms with Crippen LogP contribution < -0.4 is 0 Å². The van der Waals surface area contributed by atoms with Crippen molar-refractivity contribution in [2.45, 2.75) is 19.4 Å². The molecule has 0 atom stereocenters. The topological polar surface area (TPSA) is 59.5 Å². The Morgan fingerprint density at radius 2 is 1.89 bits per heavy atom. The standard InChI is InChI=1S/C19H18N2O3S3/c22-18(16-4-2-10-26-16)21-7-5-13(6-8-21)19(23)24-11-14-12-27-17(20-14)15-3-1-9-25-15/h1-4,9-10,12-13H,5-8,11H2. The van der Waals surface area contributed by atoms with Crippen molar-refractivity contribution in [2.75, 3.05) is 13.1 Å². The SMILES string of the molecule is O=C(OCc1csc(-c2cccs2)n1)C1CCN(C(=O)c2cccs2)CC1. The predicted octanol–water partition coefficient (Wildman–Crippen LogP) is 4.53. The van der Waals surface area contributed by atoms with Crippen LogP contribution in [0.25, 0.3) is 9.88 Å². The van der Waals surface area contributed by atoms with E-state index in [-0.39, 0.29) is 24.4 Å². The number of thiophene rings is 2. The molecule has 3 aromatic rings. The van der Waals surface area contributed by atoms with Gasteiger partial charge in [-0.15, -0.1) is 34.0 Å². The van der Waals surface area contributed by atoms with Crippen LogP contribution in [0, 0.1) is 5.92 Å². The lowest BCUT2D eigenvalue weighted by Gasteiger charge is -2.30. The van der Waals surface area contributed by atoms with Crippen LogP contribution in [0.15, 0.2) is 40.4 Å². The Morgan fingerprint density at radius 3 is 2.59 bits per heavy atom.